The maximum atomic E-state index is 12.0. The normalized spacial score (nSPS) is 26.9. The molecule has 1 radical (unpaired) electrons. The standard InChI is InChI=1S/C4F4NO2/c5-3(6)1(10)9-2(11)4(3,7)8. The van der Waals surface area contributed by atoms with Crippen LogP contribution in [0, 0.1) is 0 Å². The van der Waals surface area contributed by atoms with Gasteiger partial charge in [0, 0.05) is 0 Å². The molecule has 61 valence electrons. The Kier molecular flexibility index (Phi) is 1.24. The Morgan fingerprint density at radius 2 is 1.18 bits per heavy atom. The summed E-state index contributed by atoms with van der Waals surface area (Å²) in [6.07, 6.45) is 0. The molecule has 1 rings (SSSR count). The molecule has 2 amide bonds. The van der Waals surface area contributed by atoms with Gasteiger partial charge >= 0.3 is 23.7 Å². The maximum absolute atomic E-state index is 12.0. The average Bonchev–Trinajstić information content (AvgIpc) is 1.95. The lowest BCUT2D eigenvalue weighted by Crippen LogP contribution is -2.43. The van der Waals surface area contributed by atoms with E-state index in [4.69, 9.17) is 0 Å². The van der Waals surface area contributed by atoms with Gasteiger partial charge in [-0.3, -0.25) is 9.59 Å². The number of nitrogens with zero attached hydrogens (tertiary/aromatic N) is 1. The van der Waals surface area contributed by atoms with Crippen LogP contribution in [0.25, 0.3) is 0 Å². The summed E-state index contributed by atoms with van der Waals surface area (Å²) in [5, 5.41) is 1.92. The summed E-state index contributed by atoms with van der Waals surface area (Å²) < 4.78 is 47.8. The molecular weight excluding hydrogens is 170 g/mol. The molecule has 0 aromatic heterocycles. The minimum Gasteiger partial charge on any atom is -0.265 e. The second-order valence-corrected chi connectivity index (χ2v) is 1.87. The Morgan fingerprint density at radius 3 is 1.27 bits per heavy atom. The number of hydrogen-bond donors (Lipinski definition) is 0. The topological polar surface area (TPSA) is 48.2 Å². The third kappa shape index (κ3) is 0.732. The zero-order valence-electron chi connectivity index (χ0n) is 4.78. The van der Waals surface area contributed by atoms with E-state index < -0.39 is 23.7 Å². The molecule has 0 aromatic rings. The second kappa shape index (κ2) is 1.72. The van der Waals surface area contributed by atoms with Crippen molar-refractivity contribution in [3.05, 3.63) is 0 Å². The van der Waals surface area contributed by atoms with Gasteiger partial charge in [0.25, 0.3) is 0 Å². The van der Waals surface area contributed by atoms with E-state index in [0.717, 1.165) is 0 Å². The van der Waals surface area contributed by atoms with Gasteiger partial charge in [-0.05, 0) is 0 Å². The third-order valence-corrected chi connectivity index (χ3v) is 1.13. The molecule has 3 nitrogen and oxygen atoms in total. The Labute approximate surface area is 57.4 Å². The van der Waals surface area contributed by atoms with Crippen molar-refractivity contribution < 1.29 is 27.2 Å². The van der Waals surface area contributed by atoms with E-state index in [2.05, 4.69) is 0 Å². The van der Waals surface area contributed by atoms with Crippen LogP contribution in [0.15, 0.2) is 0 Å². The minimum absolute atomic E-state index is 1.92. The van der Waals surface area contributed by atoms with Gasteiger partial charge in [0.15, 0.2) is 0 Å². The molecule has 1 aliphatic heterocycles. The van der Waals surface area contributed by atoms with Crippen LogP contribution in [0.5, 0.6) is 0 Å². The van der Waals surface area contributed by atoms with Crippen LogP contribution in [0.4, 0.5) is 17.6 Å². The van der Waals surface area contributed by atoms with Crippen molar-refractivity contribution >= 4 is 11.8 Å². The highest BCUT2D eigenvalue weighted by Gasteiger charge is 2.73. The van der Waals surface area contributed by atoms with Gasteiger partial charge in [0.2, 0.25) is 0 Å². The molecule has 11 heavy (non-hydrogen) atoms. The summed E-state index contributed by atoms with van der Waals surface area (Å²) in [4.78, 5) is 19.8. The number of hydrogen-bond acceptors (Lipinski definition) is 2. The van der Waals surface area contributed by atoms with Crippen molar-refractivity contribution in [1.29, 1.82) is 0 Å². The molecule has 0 unspecified atom stereocenters. The molecule has 1 heterocycles. The highest BCUT2D eigenvalue weighted by atomic mass is 19.3. The van der Waals surface area contributed by atoms with Crippen molar-refractivity contribution in [2.75, 3.05) is 0 Å². The summed E-state index contributed by atoms with van der Waals surface area (Å²) >= 11 is 0. The molecule has 1 aliphatic rings. The van der Waals surface area contributed by atoms with Crippen molar-refractivity contribution in [3.8, 4) is 0 Å². The highest BCUT2D eigenvalue weighted by Crippen LogP contribution is 2.39. The lowest BCUT2D eigenvalue weighted by atomic mass is 10.2. The molecule has 0 aliphatic carbocycles. The number of carbonyl (C=O) groups is 2. The fourth-order valence-electron chi connectivity index (χ4n) is 0.501. The smallest absolute Gasteiger partial charge is 0.265 e. The quantitative estimate of drug-likeness (QED) is 0.377. The van der Waals surface area contributed by atoms with E-state index in [1.54, 1.807) is 0 Å². The molecule has 1 fully saturated rings. The van der Waals surface area contributed by atoms with Crippen LogP contribution in [0.3, 0.4) is 0 Å². The third-order valence-electron chi connectivity index (χ3n) is 1.13. The Bertz CT molecular complexity index is 212. The van der Waals surface area contributed by atoms with Crippen molar-refractivity contribution in [2.45, 2.75) is 11.8 Å². The zero-order valence-corrected chi connectivity index (χ0v) is 4.78. The first-order valence-electron chi connectivity index (χ1n) is 2.36. The number of rotatable bonds is 0. The Balaban J connectivity index is 3.15. The van der Waals surface area contributed by atoms with Crippen molar-refractivity contribution in [2.24, 2.45) is 0 Å². The van der Waals surface area contributed by atoms with E-state index in [0.29, 0.717) is 0 Å². The monoisotopic (exact) mass is 170 g/mol. The first-order valence-corrected chi connectivity index (χ1v) is 2.36. The number of carbonyl (C=O) groups excluding carboxylic acids is 2. The van der Waals surface area contributed by atoms with E-state index in [1.807, 2.05) is 5.32 Å². The van der Waals surface area contributed by atoms with E-state index in [9.17, 15) is 27.2 Å². The molecule has 1 saturated heterocycles. The second-order valence-electron chi connectivity index (χ2n) is 1.87. The first kappa shape index (κ1) is 7.96. The molecule has 0 spiro atoms. The molecule has 0 N–H and O–H groups in total. The fraction of sp³-hybridized carbons (Fsp3) is 0.500. The summed E-state index contributed by atoms with van der Waals surface area (Å²) in [7, 11) is 0. The number of halogens is 4. The Hall–Kier alpha value is -1.14. The van der Waals surface area contributed by atoms with E-state index in [-0.39, 0.29) is 0 Å². The van der Waals surface area contributed by atoms with Crippen LogP contribution in [-0.4, -0.2) is 23.7 Å². The largest absolute Gasteiger partial charge is 0.398 e. The van der Waals surface area contributed by atoms with Gasteiger partial charge in [-0.1, -0.05) is 0 Å². The molecule has 0 saturated carbocycles. The van der Waals surface area contributed by atoms with Gasteiger partial charge in [0.05, 0.1) is 0 Å². The molecular formula is C4F4NO2. The van der Waals surface area contributed by atoms with Crippen LogP contribution < -0.4 is 5.32 Å². The number of imide groups is 1. The first-order chi connectivity index (χ1) is 4.80. The number of alkyl halides is 4. The van der Waals surface area contributed by atoms with E-state index >= 15 is 0 Å². The molecule has 7 heteroatoms. The molecule has 0 aromatic carbocycles. The minimum atomic E-state index is -4.97. The Morgan fingerprint density at radius 1 is 0.909 bits per heavy atom. The van der Waals surface area contributed by atoms with Crippen LogP contribution in [0.1, 0.15) is 0 Å². The summed E-state index contributed by atoms with van der Waals surface area (Å²) in [6, 6.07) is 0. The van der Waals surface area contributed by atoms with Gasteiger partial charge in [0.1, 0.15) is 0 Å². The highest BCUT2D eigenvalue weighted by molar-refractivity contribution is 6.10. The average molecular weight is 170 g/mol. The molecule has 0 bridgehead atoms. The fourth-order valence-corrected chi connectivity index (χ4v) is 0.501. The van der Waals surface area contributed by atoms with Crippen LogP contribution in [0.2, 0.25) is 0 Å². The van der Waals surface area contributed by atoms with Crippen molar-refractivity contribution in [1.82, 2.24) is 5.32 Å². The van der Waals surface area contributed by atoms with Gasteiger partial charge in [-0.15, -0.1) is 0 Å². The predicted molar refractivity (Wildman–Crippen MR) is 22.0 cm³/mol. The van der Waals surface area contributed by atoms with Crippen molar-refractivity contribution in [3.63, 3.8) is 0 Å². The SMILES string of the molecule is O=C1[N]C(=O)C(F)(F)C1(F)F. The summed E-state index contributed by atoms with van der Waals surface area (Å²) in [5.74, 6) is -14.7. The predicted octanol–water partition coefficient (Wildman–Crippen LogP) is -0.0718. The van der Waals surface area contributed by atoms with Crippen LogP contribution >= 0.6 is 0 Å². The lowest BCUT2D eigenvalue weighted by Gasteiger charge is -2.11. The summed E-state index contributed by atoms with van der Waals surface area (Å²) in [6.45, 7) is 0. The maximum Gasteiger partial charge on any atom is 0.398 e. The van der Waals surface area contributed by atoms with Gasteiger partial charge in [-0.25, -0.2) is 0 Å². The van der Waals surface area contributed by atoms with E-state index in [1.165, 1.54) is 0 Å². The lowest BCUT2D eigenvalue weighted by molar-refractivity contribution is -0.192. The van der Waals surface area contributed by atoms with Gasteiger partial charge in [-0.2, -0.15) is 22.9 Å². The van der Waals surface area contributed by atoms with Gasteiger partial charge < -0.3 is 0 Å². The van der Waals surface area contributed by atoms with Crippen LogP contribution in [-0.2, 0) is 9.59 Å². The zero-order chi connectivity index (χ0) is 8.86. The summed E-state index contributed by atoms with van der Waals surface area (Å²) in [5.41, 5.74) is 0. The molecule has 0 atom stereocenters. The number of amides is 2.